The van der Waals surface area contributed by atoms with Crippen LogP contribution in [0.3, 0.4) is 0 Å². The summed E-state index contributed by atoms with van der Waals surface area (Å²) in [7, 11) is 3.28. The smallest absolute Gasteiger partial charge is 0.266 e. The van der Waals surface area contributed by atoms with Crippen LogP contribution in [0.1, 0.15) is 9.67 Å². The van der Waals surface area contributed by atoms with Crippen LogP contribution in [0.2, 0.25) is 0 Å². The van der Waals surface area contributed by atoms with Gasteiger partial charge >= 0.3 is 0 Å². The molecule has 30 heavy (non-hydrogen) atoms. The van der Waals surface area contributed by atoms with Gasteiger partial charge in [0.25, 0.3) is 5.91 Å². The van der Waals surface area contributed by atoms with Gasteiger partial charge in [0.15, 0.2) is 5.13 Å². The molecule has 4 rings (SSSR count). The highest BCUT2D eigenvalue weighted by Crippen LogP contribution is 2.32. The van der Waals surface area contributed by atoms with Crippen LogP contribution < -0.4 is 20.1 Å². The van der Waals surface area contributed by atoms with Gasteiger partial charge in [0.2, 0.25) is 0 Å². The van der Waals surface area contributed by atoms with E-state index in [0.29, 0.717) is 28.8 Å². The first kappa shape index (κ1) is 20.0. The van der Waals surface area contributed by atoms with Crippen LogP contribution in [0, 0.1) is 0 Å². The monoisotopic (exact) mass is 424 g/mol. The topological polar surface area (TPSA) is 80.9 Å². The van der Waals surface area contributed by atoms with Gasteiger partial charge in [0.1, 0.15) is 16.4 Å². The van der Waals surface area contributed by atoms with Gasteiger partial charge in [-0.25, -0.2) is 4.98 Å². The molecule has 2 aromatic carbocycles. The number of methoxy groups -OCH3 is 2. The number of carbonyl (C=O) groups excluding carboxylic acids is 1. The van der Waals surface area contributed by atoms with Crippen molar-refractivity contribution in [3.8, 4) is 22.8 Å². The highest BCUT2D eigenvalue weighted by atomic mass is 32.1. The first-order valence-electron chi connectivity index (χ1n) is 9.68. The standard InChI is InChI=1S/C22H24N4O3S/c1-28-17-12-16(13-18(14-17)29-2)25-8-10-26(11-9-25)21(27)20-19(24-22(23)30-20)15-6-4-3-5-7-15/h3-7,12-14H,8-11H2,1-2H3,(H2,23,24). The van der Waals surface area contributed by atoms with E-state index in [4.69, 9.17) is 15.2 Å². The molecule has 0 bridgehead atoms. The summed E-state index contributed by atoms with van der Waals surface area (Å²) < 4.78 is 10.7. The maximum Gasteiger partial charge on any atom is 0.266 e. The van der Waals surface area contributed by atoms with E-state index in [0.717, 1.165) is 35.8 Å². The molecule has 0 saturated carbocycles. The molecule has 8 heteroatoms. The summed E-state index contributed by atoms with van der Waals surface area (Å²) in [5.41, 5.74) is 8.51. The fourth-order valence-corrected chi connectivity index (χ4v) is 4.38. The Labute approximate surface area is 179 Å². The molecule has 1 aliphatic rings. The zero-order chi connectivity index (χ0) is 21.1. The molecule has 1 aliphatic heterocycles. The van der Waals surface area contributed by atoms with Crippen LogP contribution in [0.15, 0.2) is 48.5 Å². The van der Waals surface area contributed by atoms with Crippen LogP contribution in [0.4, 0.5) is 10.8 Å². The van der Waals surface area contributed by atoms with Gasteiger partial charge in [-0.15, -0.1) is 0 Å². The van der Waals surface area contributed by atoms with Crippen LogP contribution in [0.25, 0.3) is 11.3 Å². The molecule has 0 spiro atoms. The lowest BCUT2D eigenvalue weighted by Crippen LogP contribution is -2.48. The summed E-state index contributed by atoms with van der Waals surface area (Å²) >= 11 is 1.25. The lowest BCUT2D eigenvalue weighted by atomic mass is 10.1. The molecule has 1 amide bonds. The van der Waals surface area contributed by atoms with E-state index < -0.39 is 0 Å². The van der Waals surface area contributed by atoms with E-state index >= 15 is 0 Å². The second-order valence-corrected chi connectivity index (χ2v) is 7.98. The highest BCUT2D eigenvalue weighted by molar-refractivity contribution is 7.17. The zero-order valence-electron chi connectivity index (χ0n) is 17.0. The second kappa shape index (κ2) is 8.62. The number of nitrogen functional groups attached to an aromatic ring is 1. The van der Waals surface area contributed by atoms with E-state index in [1.807, 2.05) is 53.4 Å². The van der Waals surface area contributed by atoms with Crippen molar-refractivity contribution in [3.63, 3.8) is 0 Å². The first-order valence-corrected chi connectivity index (χ1v) is 10.5. The minimum Gasteiger partial charge on any atom is -0.497 e. The Morgan fingerprint density at radius 3 is 2.23 bits per heavy atom. The van der Waals surface area contributed by atoms with Crippen molar-refractivity contribution in [1.82, 2.24) is 9.88 Å². The van der Waals surface area contributed by atoms with Crippen molar-refractivity contribution in [2.45, 2.75) is 0 Å². The Kier molecular flexibility index (Phi) is 5.76. The van der Waals surface area contributed by atoms with E-state index in [1.165, 1.54) is 11.3 Å². The third-order valence-electron chi connectivity index (χ3n) is 5.15. The molecule has 156 valence electrons. The van der Waals surface area contributed by atoms with Crippen molar-refractivity contribution in [3.05, 3.63) is 53.4 Å². The molecule has 1 fully saturated rings. The molecule has 1 aromatic heterocycles. The van der Waals surface area contributed by atoms with Crippen molar-refractivity contribution >= 4 is 28.1 Å². The highest BCUT2D eigenvalue weighted by Gasteiger charge is 2.27. The van der Waals surface area contributed by atoms with Crippen molar-refractivity contribution in [2.24, 2.45) is 0 Å². The molecule has 1 saturated heterocycles. The quantitative estimate of drug-likeness (QED) is 0.676. The average Bonchev–Trinajstić information content (AvgIpc) is 3.20. The molecule has 2 N–H and O–H groups in total. The van der Waals surface area contributed by atoms with E-state index in [-0.39, 0.29) is 5.91 Å². The average molecular weight is 425 g/mol. The zero-order valence-corrected chi connectivity index (χ0v) is 17.8. The molecule has 2 heterocycles. The number of aromatic nitrogens is 1. The van der Waals surface area contributed by atoms with Crippen molar-refractivity contribution in [2.75, 3.05) is 51.0 Å². The molecule has 0 unspecified atom stereocenters. The normalized spacial score (nSPS) is 13.9. The van der Waals surface area contributed by atoms with Crippen LogP contribution in [-0.2, 0) is 0 Å². The number of nitrogens with two attached hydrogens (primary N) is 1. The van der Waals surface area contributed by atoms with Crippen LogP contribution in [-0.4, -0.2) is 56.2 Å². The van der Waals surface area contributed by atoms with Gasteiger partial charge in [0, 0.05) is 55.6 Å². The molecule has 0 radical (unpaired) electrons. The van der Waals surface area contributed by atoms with Gasteiger partial charge in [-0.2, -0.15) is 0 Å². The summed E-state index contributed by atoms with van der Waals surface area (Å²) in [6.45, 7) is 2.67. The van der Waals surface area contributed by atoms with Gasteiger partial charge in [-0.05, 0) is 0 Å². The number of hydrogen-bond donors (Lipinski definition) is 1. The second-order valence-electron chi connectivity index (χ2n) is 6.95. The number of ether oxygens (including phenoxy) is 2. The predicted molar refractivity (Wildman–Crippen MR) is 120 cm³/mol. The van der Waals surface area contributed by atoms with E-state index in [9.17, 15) is 4.79 Å². The lowest BCUT2D eigenvalue weighted by Gasteiger charge is -2.36. The Hall–Kier alpha value is -3.26. The number of hydrogen-bond acceptors (Lipinski definition) is 7. The first-order chi connectivity index (χ1) is 14.6. The van der Waals surface area contributed by atoms with Crippen LogP contribution in [0.5, 0.6) is 11.5 Å². The molecule has 0 atom stereocenters. The van der Waals surface area contributed by atoms with Gasteiger partial charge < -0.3 is 25.0 Å². The predicted octanol–water partition coefficient (Wildman–Crippen LogP) is 3.37. The molecule has 3 aromatic rings. The Morgan fingerprint density at radius 2 is 1.63 bits per heavy atom. The molecule has 0 aliphatic carbocycles. The fourth-order valence-electron chi connectivity index (χ4n) is 3.56. The van der Waals surface area contributed by atoms with Gasteiger partial charge in [-0.3, -0.25) is 4.79 Å². The summed E-state index contributed by atoms with van der Waals surface area (Å²) in [6.07, 6.45) is 0. The number of thiazole rings is 1. The number of amides is 1. The summed E-state index contributed by atoms with van der Waals surface area (Å²) in [6, 6.07) is 15.5. The lowest BCUT2D eigenvalue weighted by molar-refractivity contribution is 0.0752. The van der Waals surface area contributed by atoms with E-state index in [1.54, 1.807) is 14.2 Å². The van der Waals surface area contributed by atoms with Gasteiger partial charge in [0.05, 0.1) is 19.9 Å². The van der Waals surface area contributed by atoms with Gasteiger partial charge in [-0.1, -0.05) is 41.7 Å². The summed E-state index contributed by atoms with van der Waals surface area (Å²) in [5.74, 6) is 1.47. The SMILES string of the molecule is COc1cc(OC)cc(N2CCN(C(=O)c3sc(N)nc3-c3ccccc3)CC2)c1. The van der Waals surface area contributed by atoms with E-state index in [2.05, 4.69) is 9.88 Å². The number of anilines is 2. The fraction of sp³-hybridized carbons (Fsp3) is 0.273. The third kappa shape index (κ3) is 4.04. The minimum absolute atomic E-state index is 0.0223. The minimum atomic E-state index is -0.0223. The molecular formula is C22H24N4O3S. The number of rotatable bonds is 5. The summed E-state index contributed by atoms with van der Waals surface area (Å²) in [4.78, 5) is 22.3. The largest absolute Gasteiger partial charge is 0.497 e. The maximum atomic E-state index is 13.2. The number of benzene rings is 2. The number of nitrogens with zero attached hydrogens (tertiary/aromatic N) is 3. The molecular weight excluding hydrogens is 400 g/mol. The Morgan fingerprint density at radius 1 is 1.00 bits per heavy atom. The van der Waals surface area contributed by atoms with Crippen molar-refractivity contribution < 1.29 is 14.3 Å². The molecule has 7 nitrogen and oxygen atoms in total. The maximum absolute atomic E-state index is 13.2. The van der Waals surface area contributed by atoms with Crippen LogP contribution >= 0.6 is 11.3 Å². The summed E-state index contributed by atoms with van der Waals surface area (Å²) in [5, 5.41) is 0.402. The number of carbonyl (C=O) groups is 1. The third-order valence-corrected chi connectivity index (χ3v) is 6.03. The Balaban J connectivity index is 1.50. The van der Waals surface area contributed by atoms with Crippen molar-refractivity contribution in [1.29, 1.82) is 0 Å². The Bertz CT molecular complexity index is 1010. The number of piperazine rings is 1.